The fraction of sp³-hybridized carbons (Fsp3) is 0.562. The highest BCUT2D eigenvalue weighted by Gasteiger charge is 2.32. The average molecular weight is 276 g/mol. The van der Waals surface area contributed by atoms with Crippen LogP contribution in [-0.2, 0) is 4.79 Å². The molecule has 4 nitrogen and oxygen atoms in total. The number of ether oxygens (including phenoxy) is 1. The summed E-state index contributed by atoms with van der Waals surface area (Å²) in [6, 6.07) is 7.36. The largest absolute Gasteiger partial charge is 0.484 e. The second-order valence-electron chi connectivity index (χ2n) is 5.64. The van der Waals surface area contributed by atoms with Crippen LogP contribution in [0.2, 0.25) is 0 Å². The maximum atomic E-state index is 11.9. The summed E-state index contributed by atoms with van der Waals surface area (Å²) >= 11 is 0. The van der Waals surface area contributed by atoms with Crippen LogP contribution in [-0.4, -0.2) is 18.6 Å². The molecule has 0 heterocycles. The number of carbonyl (C=O) groups is 1. The summed E-state index contributed by atoms with van der Waals surface area (Å²) in [7, 11) is 0. The number of nitrogens with two attached hydrogens (primary N) is 1. The number of carbonyl (C=O) groups excluding carboxylic acids is 1. The predicted octanol–water partition coefficient (Wildman–Crippen LogP) is 2.59. The highest BCUT2D eigenvalue weighted by molar-refractivity contribution is 5.77. The fourth-order valence-electron chi connectivity index (χ4n) is 2.99. The van der Waals surface area contributed by atoms with Gasteiger partial charge in [0.25, 0.3) is 5.91 Å². The van der Waals surface area contributed by atoms with Crippen molar-refractivity contribution >= 4 is 11.6 Å². The van der Waals surface area contributed by atoms with E-state index < -0.39 is 0 Å². The molecule has 0 saturated heterocycles. The molecule has 0 spiro atoms. The molecule has 1 saturated carbocycles. The third-order valence-corrected chi connectivity index (χ3v) is 4.35. The Morgan fingerprint density at radius 1 is 1.35 bits per heavy atom. The molecule has 1 aromatic carbocycles. The minimum absolute atomic E-state index is 0.0459. The Morgan fingerprint density at radius 2 is 2.05 bits per heavy atom. The van der Waals surface area contributed by atoms with Crippen LogP contribution < -0.4 is 15.8 Å². The molecule has 0 radical (unpaired) electrons. The van der Waals surface area contributed by atoms with Gasteiger partial charge in [-0.3, -0.25) is 4.79 Å². The lowest BCUT2D eigenvalue weighted by molar-refractivity contribution is -0.124. The third kappa shape index (κ3) is 3.65. The quantitative estimate of drug-likeness (QED) is 0.812. The highest BCUT2D eigenvalue weighted by atomic mass is 16.5. The number of hydrogen-bond acceptors (Lipinski definition) is 3. The van der Waals surface area contributed by atoms with Crippen LogP contribution in [0.25, 0.3) is 0 Å². The van der Waals surface area contributed by atoms with E-state index in [1.165, 1.54) is 12.8 Å². The Bertz CT molecular complexity index is 444. The summed E-state index contributed by atoms with van der Waals surface area (Å²) in [4.78, 5) is 11.9. The smallest absolute Gasteiger partial charge is 0.258 e. The van der Waals surface area contributed by atoms with Crippen molar-refractivity contribution in [2.45, 2.75) is 39.2 Å². The Labute approximate surface area is 120 Å². The second-order valence-corrected chi connectivity index (χ2v) is 5.64. The third-order valence-electron chi connectivity index (χ3n) is 4.35. The minimum atomic E-state index is -0.0459. The summed E-state index contributed by atoms with van der Waals surface area (Å²) in [5, 5.41) is 3.09. The number of nitrogens with one attached hydrogen (secondary N) is 1. The first kappa shape index (κ1) is 14.7. The monoisotopic (exact) mass is 276 g/mol. The van der Waals surface area contributed by atoms with Crippen molar-refractivity contribution < 1.29 is 9.53 Å². The number of benzene rings is 1. The molecular weight excluding hydrogens is 252 g/mol. The van der Waals surface area contributed by atoms with Crippen LogP contribution in [0.15, 0.2) is 24.3 Å². The SMILES string of the molecule is CCC1CCC(NC(=O)COc2ccc(N)cc2)C1C. The topological polar surface area (TPSA) is 64.3 Å². The summed E-state index contributed by atoms with van der Waals surface area (Å²) in [5.74, 6) is 1.91. The zero-order chi connectivity index (χ0) is 14.5. The molecule has 1 aliphatic carbocycles. The van der Waals surface area contributed by atoms with Gasteiger partial charge in [-0.2, -0.15) is 0 Å². The van der Waals surface area contributed by atoms with Crippen LogP contribution in [0, 0.1) is 11.8 Å². The lowest BCUT2D eigenvalue weighted by atomic mass is 9.93. The summed E-state index contributed by atoms with van der Waals surface area (Å²) in [5.41, 5.74) is 6.29. The van der Waals surface area contributed by atoms with Gasteiger partial charge in [0.1, 0.15) is 5.75 Å². The standard InChI is InChI=1S/C16H24N2O2/c1-3-12-4-9-15(11(12)2)18-16(19)10-20-14-7-5-13(17)6-8-14/h5-8,11-12,15H,3-4,9-10,17H2,1-2H3,(H,18,19). The van der Waals surface area contributed by atoms with E-state index >= 15 is 0 Å². The first-order valence-electron chi connectivity index (χ1n) is 7.38. The highest BCUT2D eigenvalue weighted by Crippen LogP contribution is 2.33. The van der Waals surface area contributed by atoms with Gasteiger partial charge in [-0.05, 0) is 48.9 Å². The molecular formula is C16H24N2O2. The zero-order valence-electron chi connectivity index (χ0n) is 12.3. The molecule has 1 amide bonds. The maximum absolute atomic E-state index is 11.9. The average Bonchev–Trinajstić information content (AvgIpc) is 2.79. The first-order valence-corrected chi connectivity index (χ1v) is 7.38. The number of nitrogen functional groups attached to an aromatic ring is 1. The van der Waals surface area contributed by atoms with Gasteiger partial charge in [0.05, 0.1) is 0 Å². The van der Waals surface area contributed by atoms with Crippen molar-refractivity contribution in [1.29, 1.82) is 0 Å². The Kier molecular flexibility index (Phi) is 4.88. The molecule has 0 aliphatic heterocycles. The lowest BCUT2D eigenvalue weighted by Crippen LogP contribution is -2.40. The lowest BCUT2D eigenvalue weighted by Gasteiger charge is -2.21. The van der Waals surface area contributed by atoms with Crippen LogP contribution in [0.1, 0.15) is 33.1 Å². The minimum Gasteiger partial charge on any atom is -0.484 e. The van der Waals surface area contributed by atoms with Crippen molar-refractivity contribution in [3.05, 3.63) is 24.3 Å². The molecule has 1 fully saturated rings. The molecule has 0 bridgehead atoms. The van der Waals surface area contributed by atoms with Gasteiger partial charge in [-0.1, -0.05) is 20.3 Å². The molecule has 4 heteroatoms. The van der Waals surface area contributed by atoms with E-state index in [0.717, 1.165) is 12.3 Å². The molecule has 0 aromatic heterocycles. The molecule has 2 rings (SSSR count). The Hall–Kier alpha value is -1.71. The fourth-order valence-corrected chi connectivity index (χ4v) is 2.99. The van der Waals surface area contributed by atoms with Crippen LogP contribution in [0.3, 0.4) is 0 Å². The van der Waals surface area contributed by atoms with Gasteiger partial charge in [0.15, 0.2) is 6.61 Å². The van der Waals surface area contributed by atoms with Crippen molar-refractivity contribution in [3.63, 3.8) is 0 Å². The van der Waals surface area contributed by atoms with Gasteiger partial charge in [-0.25, -0.2) is 0 Å². The Balaban J connectivity index is 1.77. The number of anilines is 1. The second kappa shape index (κ2) is 6.64. The molecule has 20 heavy (non-hydrogen) atoms. The van der Waals surface area contributed by atoms with Crippen molar-refractivity contribution in [3.8, 4) is 5.75 Å². The van der Waals surface area contributed by atoms with E-state index in [0.29, 0.717) is 23.4 Å². The predicted molar refractivity (Wildman–Crippen MR) is 80.5 cm³/mol. The van der Waals surface area contributed by atoms with Gasteiger partial charge < -0.3 is 15.8 Å². The summed E-state index contributed by atoms with van der Waals surface area (Å²) < 4.78 is 5.45. The van der Waals surface area contributed by atoms with Gasteiger partial charge >= 0.3 is 0 Å². The van der Waals surface area contributed by atoms with Gasteiger partial charge in [0, 0.05) is 11.7 Å². The normalized spacial score (nSPS) is 25.4. The van der Waals surface area contributed by atoms with Gasteiger partial charge in [0.2, 0.25) is 0 Å². The van der Waals surface area contributed by atoms with E-state index in [-0.39, 0.29) is 12.5 Å². The molecule has 1 aliphatic rings. The molecule has 3 atom stereocenters. The molecule has 110 valence electrons. The van der Waals surface area contributed by atoms with Crippen molar-refractivity contribution in [2.75, 3.05) is 12.3 Å². The number of amides is 1. The zero-order valence-corrected chi connectivity index (χ0v) is 12.3. The maximum Gasteiger partial charge on any atom is 0.258 e. The molecule has 1 aromatic rings. The van der Waals surface area contributed by atoms with Crippen LogP contribution >= 0.6 is 0 Å². The number of rotatable bonds is 5. The van der Waals surface area contributed by atoms with E-state index in [1.54, 1.807) is 24.3 Å². The van der Waals surface area contributed by atoms with E-state index in [4.69, 9.17) is 10.5 Å². The van der Waals surface area contributed by atoms with Gasteiger partial charge in [-0.15, -0.1) is 0 Å². The van der Waals surface area contributed by atoms with Crippen molar-refractivity contribution in [2.24, 2.45) is 11.8 Å². The first-order chi connectivity index (χ1) is 9.60. The summed E-state index contributed by atoms with van der Waals surface area (Å²) in [6.07, 6.45) is 3.48. The van der Waals surface area contributed by atoms with Crippen LogP contribution in [0.5, 0.6) is 5.75 Å². The molecule has 3 N–H and O–H groups in total. The van der Waals surface area contributed by atoms with E-state index in [1.807, 2.05) is 0 Å². The van der Waals surface area contributed by atoms with Crippen molar-refractivity contribution in [1.82, 2.24) is 5.32 Å². The van der Waals surface area contributed by atoms with E-state index in [2.05, 4.69) is 19.2 Å². The van der Waals surface area contributed by atoms with E-state index in [9.17, 15) is 4.79 Å². The Morgan fingerprint density at radius 3 is 2.65 bits per heavy atom. The molecule has 3 unspecified atom stereocenters. The van der Waals surface area contributed by atoms with Crippen LogP contribution in [0.4, 0.5) is 5.69 Å². The number of hydrogen-bond donors (Lipinski definition) is 2. The summed E-state index contributed by atoms with van der Waals surface area (Å²) in [6.45, 7) is 4.51.